The topological polar surface area (TPSA) is 83.3 Å². The molecule has 3 fully saturated rings. The molecule has 4 aliphatic rings. The third kappa shape index (κ3) is 6.45. The number of likely N-dealkylation sites (tertiary alicyclic amines) is 1. The summed E-state index contributed by atoms with van der Waals surface area (Å²) in [6.07, 6.45) is 7.27. The summed E-state index contributed by atoms with van der Waals surface area (Å²) >= 11 is 0. The van der Waals surface area contributed by atoms with Gasteiger partial charge in [0.05, 0.1) is 24.5 Å². The van der Waals surface area contributed by atoms with Crippen LogP contribution in [0, 0.1) is 11.2 Å². The lowest BCUT2D eigenvalue weighted by atomic mass is 9.81. The van der Waals surface area contributed by atoms with Crippen LogP contribution in [-0.2, 0) is 11.2 Å². The van der Waals surface area contributed by atoms with Crippen LogP contribution in [0.25, 0.3) is 27.7 Å². The highest BCUT2D eigenvalue weighted by Gasteiger charge is 2.46. The van der Waals surface area contributed by atoms with Crippen molar-refractivity contribution in [2.24, 2.45) is 10.4 Å². The van der Waals surface area contributed by atoms with E-state index in [1.165, 1.54) is 18.6 Å². The van der Waals surface area contributed by atoms with Gasteiger partial charge in [0.1, 0.15) is 23.1 Å². The minimum atomic E-state index is -0.595. The number of aliphatic imine (C=N–C) groups is 1. The number of aromatic hydroxyl groups is 1. The van der Waals surface area contributed by atoms with Gasteiger partial charge in [-0.3, -0.25) is 4.99 Å². The molecule has 2 aromatic carbocycles. The summed E-state index contributed by atoms with van der Waals surface area (Å²) in [5.41, 5.74) is 2.92. The zero-order valence-electron chi connectivity index (χ0n) is 29.1. The smallest absolute Gasteiger partial charge is 0.319 e. The fourth-order valence-corrected chi connectivity index (χ4v) is 7.33. The summed E-state index contributed by atoms with van der Waals surface area (Å²) in [7, 11) is 0. The highest BCUT2D eigenvalue weighted by Crippen LogP contribution is 2.49. The molecule has 2 aliphatic carbocycles. The Balaban J connectivity index is 1.46. The molecule has 0 bridgehead atoms. The number of hydrogen-bond donors (Lipinski definition) is 1. The van der Waals surface area contributed by atoms with Crippen LogP contribution in [0.5, 0.6) is 11.8 Å². The van der Waals surface area contributed by atoms with Gasteiger partial charge in [-0.25, -0.2) is 8.78 Å². The maximum absolute atomic E-state index is 17.8. The molecule has 7 rings (SSSR count). The predicted octanol–water partition coefficient (Wildman–Crippen LogP) is 7.62. The summed E-state index contributed by atoms with van der Waals surface area (Å²) < 4.78 is 45.3. The first kappa shape index (κ1) is 33.6. The van der Waals surface area contributed by atoms with Gasteiger partial charge in [-0.15, -0.1) is 0 Å². The van der Waals surface area contributed by atoms with Crippen LogP contribution in [0.2, 0.25) is 0 Å². The lowest BCUT2D eigenvalue weighted by molar-refractivity contribution is 0.111. The highest BCUT2D eigenvalue weighted by atomic mass is 19.1. The van der Waals surface area contributed by atoms with Gasteiger partial charge in [-0.1, -0.05) is 26.0 Å². The Labute approximate surface area is 287 Å². The second kappa shape index (κ2) is 13.8. The van der Waals surface area contributed by atoms with Crippen LogP contribution in [0.3, 0.4) is 0 Å². The number of allylic oxidation sites excluding steroid dienone is 3. The number of hydrogen-bond acceptors (Lipinski definition) is 8. The first-order valence-electron chi connectivity index (χ1n) is 18.0. The van der Waals surface area contributed by atoms with E-state index in [1.807, 2.05) is 33.8 Å². The molecule has 1 saturated carbocycles. The van der Waals surface area contributed by atoms with E-state index in [9.17, 15) is 5.11 Å². The number of anilines is 1. The Morgan fingerprint density at radius 2 is 1.90 bits per heavy atom. The minimum absolute atomic E-state index is 0.0407. The van der Waals surface area contributed by atoms with Crippen molar-refractivity contribution >= 4 is 39.3 Å². The predicted molar refractivity (Wildman–Crippen MR) is 192 cm³/mol. The van der Waals surface area contributed by atoms with Gasteiger partial charge >= 0.3 is 6.01 Å². The molecule has 10 heteroatoms. The number of phenolic OH excluding ortho intramolecular Hbond substituents is 1. The molecule has 1 unspecified atom stereocenters. The van der Waals surface area contributed by atoms with Crippen LogP contribution < -0.4 is 9.64 Å². The van der Waals surface area contributed by atoms with E-state index < -0.39 is 5.83 Å². The van der Waals surface area contributed by atoms with Crippen molar-refractivity contribution in [1.29, 1.82) is 0 Å². The fraction of sp³-hybridized carbons (Fsp3) is 0.513. The second-order valence-electron chi connectivity index (χ2n) is 14.0. The summed E-state index contributed by atoms with van der Waals surface area (Å²) in [6, 6.07) is 6.15. The van der Waals surface area contributed by atoms with Crippen molar-refractivity contribution in [3.63, 3.8) is 0 Å². The van der Waals surface area contributed by atoms with Crippen LogP contribution >= 0.6 is 0 Å². The van der Waals surface area contributed by atoms with Gasteiger partial charge < -0.3 is 24.4 Å². The van der Waals surface area contributed by atoms with E-state index in [1.54, 1.807) is 12.1 Å². The number of rotatable bonds is 10. The summed E-state index contributed by atoms with van der Waals surface area (Å²) in [6.45, 7) is 14.0. The highest BCUT2D eigenvalue weighted by molar-refractivity contribution is 6.51. The Morgan fingerprint density at radius 3 is 2.59 bits per heavy atom. The van der Waals surface area contributed by atoms with Gasteiger partial charge in [0.2, 0.25) is 0 Å². The lowest BCUT2D eigenvalue weighted by Crippen LogP contribution is -2.42. The van der Waals surface area contributed by atoms with Gasteiger partial charge in [-0.05, 0) is 106 Å². The summed E-state index contributed by atoms with van der Waals surface area (Å²) in [5.74, 6) is -0.414. The molecule has 1 atom stereocenters. The molecule has 0 radical (unpaired) electrons. The maximum Gasteiger partial charge on any atom is 0.319 e. The van der Waals surface area contributed by atoms with Crippen molar-refractivity contribution < 1.29 is 23.4 Å². The van der Waals surface area contributed by atoms with Gasteiger partial charge in [0.15, 0.2) is 5.83 Å². The van der Waals surface area contributed by atoms with Gasteiger partial charge in [0, 0.05) is 48.8 Å². The Kier molecular flexibility index (Phi) is 9.45. The van der Waals surface area contributed by atoms with Crippen molar-refractivity contribution in [3.05, 3.63) is 58.5 Å². The Morgan fingerprint density at radius 1 is 1.08 bits per heavy atom. The third-order valence-electron chi connectivity index (χ3n) is 10.6. The average Bonchev–Trinajstić information content (AvgIpc) is 3.90. The molecule has 3 aromatic rings. The largest absolute Gasteiger partial charge is 0.508 e. The number of aryl methyl sites for hydroxylation is 1. The van der Waals surface area contributed by atoms with Crippen LogP contribution in [0.1, 0.15) is 82.2 Å². The number of nitrogens with zero attached hydrogens (tertiary/aromatic N) is 5. The molecule has 1 aromatic heterocycles. The zero-order valence-corrected chi connectivity index (χ0v) is 29.1. The Bertz CT molecular complexity index is 1840. The molecule has 0 spiro atoms. The van der Waals surface area contributed by atoms with E-state index in [0.29, 0.717) is 83.9 Å². The van der Waals surface area contributed by atoms with Crippen LogP contribution in [0.15, 0.2) is 35.3 Å². The summed E-state index contributed by atoms with van der Waals surface area (Å²) in [4.78, 5) is 19.5. The molecular weight excluding hydrogens is 624 g/mol. The van der Waals surface area contributed by atoms with Crippen LogP contribution in [-0.4, -0.2) is 84.3 Å². The van der Waals surface area contributed by atoms with E-state index >= 15 is 8.78 Å². The van der Waals surface area contributed by atoms with E-state index in [4.69, 9.17) is 24.4 Å². The molecule has 3 heterocycles. The Hall–Kier alpha value is -3.89. The normalized spacial score (nSPS) is 21.6. The van der Waals surface area contributed by atoms with Crippen LogP contribution in [0.4, 0.5) is 14.6 Å². The number of ether oxygens (including phenoxy) is 2. The van der Waals surface area contributed by atoms with E-state index in [2.05, 4.69) is 9.80 Å². The second-order valence-corrected chi connectivity index (χ2v) is 14.0. The molecule has 49 heavy (non-hydrogen) atoms. The monoisotopic (exact) mass is 671 g/mol. The summed E-state index contributed by atoms with van der Waals surface area (Å²) in [5, 5.41) is 12.1. The van der Waals surface area contributed by atoms with Gasteiger partial charge in [-0.2, -0.15) is 9.97 Å². The molecule has 0 amide bonds. The van der Waals surface area contributed by atoms with Crippen molar-refractivity contribution in [1.82, 2.24) is 14.9 Å². The number of halogens is 2. The maximum atomic E-state index is 17.8. The molecule has 2 aliphatic heterocycles. The number of fused-ring (bicyclic) bond motifs is 2. The zero-order chi connectivity index (χ0) is 34.3. The van der Waals surface area contributed by atoms with Gasteiger partial charge in [0.25, 0.3) is 0 Å². The molecule has 1 N–H and O–H groups in total. The van der Waals surface area contributed by atoms with Crippen molar-refractivity contribution in [2.45, 2.75) is 72.3 Å². The average molecular weight is 672 g/mol. The number of phenols is 1. The molecule has 260 valence electrons. The van der Waals surface area contributed by atoms with E-state index in [-0.39, 0.29) is 40.3 Å². The number of aromatic nitrogens is 2. The van der Waals surface area contributed by atoms with Crippen molar-refractivity contribution in [2.75, 3.05) is 57.4 Å². The molecular formula is C39H47F2N5O3. The SMILES string of the molecule is C/C=C1\C(=NC(C)CC)C(c2cc(O)cc3ccc(F)c(CC)c23)=C(F)c2nc(OCC3(CN4CCC4)CC3)nc(N3CCCOCC3)c21. The lowest BCUT2D eigenvalue weighted by Gasteiger charge is -2.34. The molecule has 8 nitrogen and oxygen atoms in total. The molecule has 2 saturated heterocycles. The van der Waals surface area contributed by atoms with Crippen molar-refractivity contribution in [3.8, 4) is 11.8 Å². The third-order valence-corrected chi connectivity index (χ3v) is 10.6. The standard InChI is InChI=1S/C39H47F2N5O3/c1-5-24(4)42-35-28(7-3)33-36(34(41)32(35)29-21-26(47)20-25-10-11-30(40)27(6-2)31(25)29)43-38(44-37(33)46-16-9-18-48-19-17-46)49-23-39(12-13-39)22-45-14-8-15-45/h7,10-11,20-21,24,47H,5-6,8-9,12-19,22-23H2,1-4H3/b28-7-,42-35?. The first-order valence-corrected chi connectivity index (χ1v) is 18.0. The minimum Gasteiger partial charge on any atom is -0.508 e. The van der Waals surface area contributed by atoms with E-state index in [0.717, 1.165) is 45.3 Å². The number of benzene rings is 2. The fourth-order valence-electron chi connectivity index (χ4n) is 7.33. The first-order chi connectivity index (χ1) is 23.8. The quantitative estimate of drug-likeness (QED) is 0.238.